The third-order valence-electron chi connectivity index (χ3n) is 1.83. The maximum absolute atomic E-state index is 11.3. The Bertz CT molecular complexity index is 476. The maximum Gasteiger partial charge on any atom is 0.305 e. The topological polar surface area (TPSA) is 95.2 Å². The van der Waals surface area contributed by atoms with Gasteiger partial charge in [-0.25, -0.2) is 0 Å². The quantitative estimate of drug-likeness (QED) is 0.511. The van der Waals surface area contributed by atoms with Gasteiger partial charge < -0.3 is 14.8 Å². The molecule has 7 heteroatoms. The molecular formula is C8H10N2O4S. The van der Waals surface area contributed by atoms with Gasteiger partial charge in [0.2, 0.25) is 0 Å². The predicted octanol–water partition coefficient (Wildman–Crippen LogP) is 0.244. The fraction of sp³-hybridized carbons (Fsp3) is 0.375. The normalized spacial score (nSPS) is 9.93. The molecular weight excluding hydrogens is 220 g/mol. The van der Waals surface area contributed by atoms with Crippen LogP contribution in [0.5, 0.6) is 5.88 Å². The zero-order chi connectivity index (χ0) is 11.4. The number of esters is 1. The van der Waals surface area contributed by atoms with E-state index in [2.05, 4.69) is 26.9 Å². The summed E-state index contributed by atoms with van der Waals surface area (Å²) in [6.07, 6.45) is 0.123. The molecule has 0 aliphatic heterocycles. The first kappa shape index (κ1) is 11.4. The molecule has 0 atom stereocenters. The molecule has 3 N–H and O–H groups in total. The van der Waals surface area contributed by atoms with E-state index in [-0.39, 0.29) is 29.1 Å². The van der Waals surface area contributed by atoms with Gasteiger partial charge in [0, 0.05) is 6.42 Å². The zero-order valence-electron chi connectivity index (χ0n) is 7.99. The number of hydrogen-bond acceptors (Lipinski definition) is 5. The first-order valence-electron chi connectivity index (χ1n) is 4.16. The number of nitrogens with one attached hydrogen (secondary N) is 2. The number of aromatic nitrogens is 2. The molecule has 1 aromatic rings. The van der Waals surface area contributed by atoms with Crippen LogP contribution in [0.25, 0.3) is 0 Å². The van der Waals surface area contributed by atoms with Crippen LogP contribution in [-0.2, 0) is 16.0 Å². The molecule has 0 aromatic carbocycles. The number of carbonyl (C=O) groups is 1. The molecule has 0 aliphatic carbocycles. The van der Waals surface area contributed by atoms with E-state index < -0.39 is 11.5 Å². The molecule has 1 aromatic heterocycles. The van der Waals surface area contributed by atoms with E-state index in [0.717, 1.165) is 0 Å². The van der Waals surface area contributed by atoms with Crippen LogP contribution in [-0.4, -0.2) is 28.2 Å². The lowest BCUT2D eigenvalue weighted by Gasteiger charge is -2.01. The van der Waals surface area contributed by atoms with Gasteiger partial charge >= 0.3 is 5.97 Å². The monoisotopic (exact) mass is 230 g/mol. The van der Waals surface area contributed by atoms with Crippen LogP contribution in [0.1, 0.15) is 12.0 Å². The van der Waals surface area contributed by atoms with Crippen molar-refractivity contribution in [3.63, 3.8) is 0 Å². The lowest BCUT2D eigenvalue weighted by atomic mass is 10.2. The Balaban J connectivity index is 2.91. The minimum absolute atomic E-state index is 0.0256. The number of aromatic amines is 2. The van der Waals surface area contributed by atoms with Crippen molar-refractivity contribution in [2.45, 2.75) is 12.8 Å². The Morgan fingerprint density at radius 1 is 1.53 bits per heavy atom. The fourth-order valence-corrected chi connectivity index (χ4v) is 1.25. The number of carbonyl (C=O) groups excluding carboxylic acids is 1. The van der Waals surface area contributed by atoms with E-state index in [1.54, 1.807) is 0 Å². The van der Waals surface area contributed by atoms with Crippen molar-refractivity contribution in [1.82, 2.24) is 9.97 Å². The van der Waals surface area contributed by atoms with Crippen molar-refractivity contribution in [3.8, 4) is 5.88 Å². The molecule has 0 bridgehead atoms. The largest absolute Gasteiger partial charge is 0.494 e. The Morgan fingerprint density at radius 3 is 2.73 bits per heavy atom. The van der Waals surface area contributed by atoms with E-state index in [4.69, 9.17) is 0 Å². The SMILES string of the molecule is COC(=O)CCc1c(O)[nH]c(=S)[nH]c1=O. The van der Waals surface area contributed by atoms with Gasteiger partial charge in [-0.15, -0.1) is 0 Å². The summed E-state index contributed by atoms with van der Waals surface area (Å²) in [4.78, 5) is 26.8. The summed E-state index contributed by atoms with van der Waals surface area (Å²) in [6.45, 7) is 0. The molecule has 0 radical (unpaired) electrons. The van der Waals surface area contributed by atoms with Gasteiger partial charge in [0.15, 0.2) is 10.7 Å². The molecule has 0 fully saturated rings. The van der Waals surface area contributed by atoms with E-state index >= 15 is 0 Å². The van der Waals surface area contributed by atoms with Crippen molar-refractivity contribution < 1.29 is 14.6 Å². The maximum atomic E-state index is 11.3. The first-order chi connectivity index (χ1) is 7.04. The lowest BCUT2D eigenvalue weighted by molar-refractivity contribution is -0.140. The van der Waals surface area contributed by atoms with Gasteiger partial charge in [0.1, 0.15) is 0 Å². The summed E-state index contributed by atoms with van der Waals surface area (Å²) in [6, 6.07) is 0. The zero-order valence-corrected chi connectivity index (χ0v) is 8.81. The highest BCUT2D eigenvalue weighted by Crippen LogP contribution is 2.09. The second kappa shape index (κ2) is 4.74. The molecule has 0 spiro atoms. The average molecular weight is 230 g/mol. The Labute approximate surface area is 89.9 Å². The third-order valence-corrected chi connectivity index (χ3v) is 2.03. The number of rotatable bonds is 3. The summed E-state index contributed by atoms with van der Waals surface area (Å²) >= 11 is 4.64. The van der Waals surface area contributed by atoms with Gasteiger partial charge in [0.05, 0.1) is 12.7 Å². The summed E-state index contributed by atoms with van der Waals surface area (Å²) in [5, 5.41) is 9.36. The summed E-state index contributed by atoms with van der Waals surface area (Å²) in [5.41, 5.74) is -0.408. The van der Waals surface area contributed by atoms with Crippen LogP contribution in [0.15, 0.2) is 4.79 Å². The highest BCUT2D eigenvalue weighted by atomic mass is 32.1. The van der Waals surface area contributed by atoms with Crippen molar-refractivity contribution in [3.05, 3.63) is 20.7 Å². The molecule has 0 aliphatic rings. The first-order valence-corrected chi connectivity index (χ1v) is 4.56. The predicted molar refractivity (Wildman–Crippen MR) is 54.2 cm³/mol. The molecule has 6 nitrogen and oxygen atoms in total. The van der Waals surface area contributed by atoms with Crippen LogP contribution < -0.4 is 5.56 Å². The number of methoxy groups -OCH3 is 1. The number of ether oxygens (including phenoxy) is 1. The molecule has 82 valence electrons. The molecule has 1 heterocycles. The molecule has 0 saturated heterocycles. The summed E-state index contributed by atoms with van der Waals surface area (Å²) in [7, 11) is 1.25. The molecule has 0 saturated carbocycles. The van der Waals surface area contributed by atoms with Gasteiger partial charge in [-0.3, -0.25) is 14.6 Å². The standard InChI is InChI=1S/C8H10N2O4S/c1-14-5(11)3-2-4-6(12)9-8(15)10-7(4)13/h2-3H2,1H3,(H3,9,10,12,13,15). The highest BCUT2D eigenvalue weighted by Gasteiger charge is 2.10. The molecule has 0 unspecified atom stereocenters. The van der Waals surface area contributed by atoms with Crippen molar-refractivity contribution >= 4 is 18.2 Å². The van der Waals surface area contributed by atoms with Crippen LogP contribution in [0.2, 0.25) is 0 Å². The van der Waals surface area contributed by atoms with E-state index in [9.17, 15) is 14.7 Å². The van der Waals surface area contributed by atoms with Crippen molar-refractivity contribution in [2.24, 2.45) is 0 Å². The Hall–Kier alpha value is -1.63. The Kier molecular flexibility index (Phi) is 3.62. The minimum Gasteiger partial charge on any atom is -0.494 e. The summed E-state index contributed by atoms with van der Waals surface area (Å²) in [5.74, 6) is -0.760. The molecule has 0 amide bonds. The van der Waals surface area contributed by atoms with Crippen LogP contribution >= 0.6 is 12.2 Å². The third kappa shape index (κ3) is 2.91. The highest BCUT2D eigenvalue weighted by molar-refractivity contribution is 7.71. The van der Waals surface area contributed by atoms with E-state index in [0.29, 0.717) is 0 Å². The average Bonchev–Trinajstić information content (AvgIpc) is 2.15. The van der Waals surface area contributed by atoms with E-state index in [1.807, 2.05) is 0 Å². The smallest absolute Gasteiger partial charge is 0.305 e. The summed E-state index contributed by atoms with van der Waals surface area (Å²) < 4.78 is 4.45. The van der Waals surface area contributed by atoms with Gasteiger partial charge in [0.25, 0.3) is 5.56 Å². The van der Waals surface area contributed by atoms with E-state index in [1.165, 1.54) is 7.11 Å². The molecule has 1 rings (SSSR count). The number of H-pyrrole nitrogens is 2. The minimum atomic E-state index is -0.500. The Morgan fingerprint density at radius 2 is 2.20 bits per heavy atom. The second-order valence-electron chi connectivity index (χ2n) is 2.81. The fourth-order valence-electron chi connectivity index (χ4n) is 1.06. The van der Waals surface area contributed by atoms with Crippen LogP contribution in [0.3, 0.4) is 0 Å². The second-order valence-corrected chi connectivity index (χ2v) is 3.22. The van der Waals surface area contributed by atoms with Crippen molar-refractivity contribution in [2.75, 3.05) is 7.11 Å². The van der Waals surface area contributed by atoms with Crippen LogP contribution in [0.4, 0.5) is 0 Å². The number of hydrogen-bond donors (Lipinski definition) is 3. The lowest BCUT2D eigenvalue weighted by Crippen LogP contribution is -2.15. The van der Waals surface area contributed by atoms with Crippen molar-refractivity contribution in [1.29, 1.82) is 0 Å². The van der Waals surface area contributed by atoms with Gasteiger partial charge in [-0.05, 0) is 18.6 Å². The number of aromatic hydroxyl groups is 1. The van der Waals surface area contributed by atoms with Gasteiger partial charge in [-0.1, -0.05) is 0 Å². The van der Waals surface area contributed by atoms with Gasteiger partial charge in [-0.2, -0.15) is 0 Å². The van der Waals surface area contributed by atoms with Crippen LogP contribution in [0, 0.1) is 4.77 Å². The molecule has 15 heavy (non-hydrogen) atoms.